The maximum atomic E-state index is 15.8. The molecule has 1 amide bonds. The van der Waals surface area contributed by atoms with Gasteiger partial charge in [0, 0.05) is 23.0 Å². The number of nitrogens with zero attached hydrogens (tertiary/aromatic N) is 3. The van der Waals surface area contributed by atoms with Gasteiger partial charge >= 0.3 is 0 Å². The Balaban J connectivity index is 0.879. The third kappa shape index (κ3) is 5.21. The summed E-state index contributed by atoms with van der Waals surface area (Å²) in [5, 5.41) is 9.70. The minimum absolute atomic E-state index is 0.0215. The summed E-state index contributed by atoms with van der Waals surface area (Å²) in [7, 11) is 0. The van der Waals surface area contributed by atoms with Crippen LogP contribution in [0.3, 0.4) is 0 Å². The molecule has 2 aliphatic carbocycles. The van der Waals surface area contributed by atoms with Crippen LogP contribution in [-0.4, -0.2) is 55.9 Å². The second-order valence-electron chi connectivity index (χ2n) is 15.0. The summed E-state index contributed by atoms with van der Waals surface area (Å²) in [5.74, 6) is 3.00. The average Bonchev–Trinajstić information content (AvgIpc) is 3.90. The van der Waals surface area contributed by atoms with Crippen LogP contribution >= 0.6 is 0 Å². The Morgan fingerprint density at radius 2 is 1.90 bits per heavy atom. The Labute approximate surface area is 295 Å². The molecule has 4 N–H and O–H groups in total. The lowest BCUT2D eigenvalue weighted by Gasteiger charge is -2.28. The second-order valence-corrected chi connectivity index (χ2v) is 15.0. The van der Waals surface area contributed by atoms with Crippen LogP contribution in [0.15, 0.2) is 97.7 Å². The van der Waals surface area contributed by atoms with Crippen molar-refractivity contribution in [2.24, 2.45) is 17.8 Å². The molecule has 0 bridgehead atoms. The highest BCUT2D eigenvalue weighted by molar-refractivity contribution is 6.05. The lowest BCUT2D eigenvalue weighted by molar-refractivity contribution is -0.132. The largest absolute Gasteiger partial charge is 0.340 e. The van der Waals surface area contributed by atoms with Gasteiger partial charge in [-0.3, -0.25) is 4.79 Å². The average molecular weight is 678 g/mol. The van der Waals surface area contributed by atoms with Crippen LogP contribution in [0.4, 0.5) is 4.39 Å². The molecule has 0 radical (unpaired) electrons. The molecule has 4 aliphatic rings. The van der Waals surface area contributed by atoms with Crippen LogP contribution in [0, 0.1) is 23.6 Å². The van der Waals surface area contributed by atoms with Crippen molar-refractivity contribution >= 4 is 27.7 Å². The molecule has 4 fully saturated rings. The van der Waals surface area contributed by atoms with Gasteiger partial charge in [0.1, 0.15) is 17.5 Å². The van der Waals surface area contributed by atoms with E-state index in [0.29, 0.717) is 47.9 Å². The lowest BCUT2D eigenvalue weighted by Crippen LogP contribution is -2.45. The first-order chi connectivity index (χ1) is 25.0. The molecule has 1 unspecified atom stereocenters. The first kappa shape index (κ1) is 30.7. The van der Waals surface area contributed by atoms with Crippen molar-refractivity contribution in [3.63, 3.8) is 0 Å². The number of hydrogen-bond acceptors (Lipinski definition) is 5. The topological polar surface area (TPSA) is 102 Å². The van der Waals surface area contributed by atoms with Crippen molar-refractivity contribution in [3.05, 3.63) is 121 Å². The monoisotopic (exact) mass is 677 g/mol. The van der Waals surface area contributed by atoms with Crippen molar-refractivity contribution in [3.8, 4) is 22.4 Å². The fourth-order valence-corrected chi connectivity index (χ4v) is 9.05. The van der Waals surface area contributed by atoms with Crippen molar-refractivity contribution < 1.29 is 9.18 Å². The number of aromatic amines is 2. The van der Waals surface area contributed by atoms with Crippen molar-refractivity contribution in [2.45, 2.75) is 49.9 Å². The first-order valence-electron chi connectivity index (χ1n) is 18.2. The fourth-order valence-electron chi connectivity index (χ4n) is 9.05. The predicted molar refractivity (Wildman–Crippen MR) is 197 cm³/mol. The van der Waals surface area contributed by atoms with E-state index in [-0.39, 0.29) is 29.2 Å². The summed E-state index contributed by atoms with van der Waals surface area (Å²) in [4.78, 5) is 32.0. The van der Waals surface area contributed by atoms with Gasteiger partial charge in [0.25, 0.3) is 0 Å². The molecular weight excluding hydrogens is 638 g/mol. The van der Waals surface area contributed by atoms with E-state index in [9.17, 15) is 4.79 Å². The van der Waals surface area contributed by atoms with E-state index in [4.69, 9.17) is 4.98 Å². The van der Waals surface area contributed by atoms with E-state index in [1.807, 2.05) is 47.4 Å². The Morgan fingerprint density at radius 3 is 2.73 bits per heavy atom. The van der Waals surface area contributed by atoms with Crippen molar-refractivity contribution in [2.75, 3.05) is 13.1 Å². The smallest absolute Gasteiger partial charge is 0.227 e. The van der Waals surface area contributed by atoms with Gasteiger partial charge in [-0.05, 0) is 96.4 Å². The zero-order chi connectivity index (χ0) is 34.3. The van der Waals surface area contributed by atoms with Crippen molar-refractivity contribution in [1.29, 1.82) is 0 Å². The van der Waals surface area contributed by atoms with E-state index in [1.54, 1.807) is 18.3 Å². The summed E-state index contributed by atoms with van der Waals surface area (Å²) in [6.07, 6.45) is 7.11. The number of carbonyl (C=O) groups is 1. The molecule has 51 heavy (non-hydrogen) atoms. The predicted octanol–water partition coefficient (Wildman–Crippen LogP) is 6.85. The third-order valence-electron chi connectivity index (χ3n) is 12.0. The summed E-state index contributed by atoms with van der Waals surface area (Å²) in [6, 6.07) is 26.3. The van der Waals surface area contributed by atoms with Crippen LogP contribution in [-0.2, 0) is 23.3 Å². The number of hydrogen-bond donors (Lipinski definition) is 4. The van der Waals surface area contributed by atoms with E-state index in [2.05, 4.69) is 62.5 Å². The summed E-state index contributed by atoms with van der Waals surface area (Å²) >= 11 is 0. The van der Waals surface area contributed by atoms with E-state index in [0.717, 1.165) is 70.3 Å². The number of benzene rings is 4. The third-order valence-corrected chi connectivity index (χ3v) is 12.0. The quantitative estimate of drug-likeness (QED) is 0.125. The highest BCUT2D eigenvalue weighted by atomic mass is 19.1. The van der Waals surface area contributed by atoms with E-state index < -0.39 is 0 Å². The molecule has 8 nitrogen and oxygen atoms in total. The van der Waals surface area contributed by atoms with Crippen LogP contribution < -0.4 is 10.6 Å². The molecular formula is C42H40FN7O. The molecule has 2 aliphatic heterocycles. The number of nitrogens with one attached hydrogen (secondary N) is 4. The lowest BCUT2D eigenvalue weighted by atomic mass is 9.91. The number of amides is 1. The molecule has 2 saturated carbocycles. The number of piperidine rings is 2. The van der Waals surface area contributed by atoms with Crippen LogP contribution in [0.2, 0.25) is 0 Å². The highest BCUT2D eigenvalue weighted by Crippen LogP contribution is 2.61. The van der Waals surface area contributed by atoms with Crippen LogP contribution in [0.1, 0.15) is 36.5 Å². The normalized spacial score (nSPS) is 26.2. The van der Waals surface area contributed by atoms with Gasteiger partial charge in [-0.15, -0.1) is 6.58 Å². The van der Waals surface area contributed by atoms with E-state index >= 15 is 4.39 Å². The van der Waals surface area contributed by atoms with Crippen LogP contribution in [0.25, 0.3) is 44.2 Å². The number of aromatic nitrogens is 4. The maximum Gasteiger partial charge on any atom is 0.227 e. The number of halogens is 1. The maximum absolute atomic E-state index is 15.8. The Hall–Kier alpha value is -5.12. The molecule has 6 atom stereocenters. The highest BCUT2D eigenvalue weighted by Gasteiger charge is 2.67. The Kier molecular flexibility index (Phi) is 7.05. The first-order valence-corrected chi connectivity index (χ1v) is 18.2. The number of fused-ring (bicyclic) bond motifs is 6. The molecule has 6 aromatic rings. The van der Waals surface area contributed by atoms with Gasteiger partial charge in [0.05, 0.1) is 41.4 Å². The summed E-state index contributed by atoms with van der Waals surface area (Å²) in [6.45, 7) is 6.44. The zero-order valence-electron chi connectivity index (χ0n) is 28.3. The molecule has 4 heterocycles. The number of carbonyl (C=O) groups excluding carboxylic acids is 1. The van der Waals surface area contributed by atoms with Gasteiger partial charge in [0.15, 0.2) is 0 Å². The zero-order valence-corrected chi connectivity index (χ0v) is 28.3. The van der Waals surface area contributed by atoms with Crippen molar-refractivity contribution in [1.82, 2.24) is 35.5 Å². The van der Waals surface area contributed by atoms with Gasteiger partial charge in [-0.25, -0.2) is 14.4 Å². The Morgan fingerprint density at radius 1 is 1.04 bits per heavy atom. The van der Waals surface area contributed by atoms with E-state index in [1.165, 1.54) is 6.42 Å². The van der Waals surface area contributed by atoms with Gasteiger partial charge in [-0.2, -0.15) is 0 Å². The van der Waals surface area contributed by atoms with Crippen LogP contribution in [0.5, 0.6) is 0 Å². The molecule has 4 aromatic carbocycles. The molecule has 2 saturated heterocycles. The number of imidazole rings is 2. The summed E-state index contributed by atoms with van der Waals surface area (Å²) < 4.78 is 15.8. The molecule has 0 spiro atoms. The van der Waals surface area contributed by atoms with Gasteiger partial charge in [-0.1, -0.05) is 60.7 Å². The standard InChI is InChI=1S/C42H40FN7O/c1-2-25-19-37(25)50(39(51)16-24-6-4-3-5-7-24)23-38-45-22-36(46-38)30-12-9-27(18-33(30)43)26-8-11-29-28(17-26)10-13-35-40(29)48-41(47-35)42-20-32(42)31-21-44-15-14-34(31)49-42/h2-13,17-18,22,25,31-32,34,37,44,49H,1,14-16,19-21,23H2,(H,45,46)(H,47,48)/t25?,31-,32+,34-,37+,42+/m0/s1. The van der Waals surface area contributed by atoms with Gasteiger partial charge in [0.2, 0.25) is 5.91 Å². The van der Waals surface area contributed by atoms with Gasteiger partial charge < -0.3 is 25.5 Å². The number of rotatable bonds is 9. The minimum Gasteiger partial charge on any atom is -0.340 e. The molecule has 2 aromatic heterocycles. The Bertz CT molecular complexity index is 2330. The molecule has 256 valence electrons. The molecule has 10 rings (SSSR count). The number of H-pyrrole nitrogens is 2. The molecule has 9 heteroatoms. The SMILES string of the molecule is C=CC1C[C@H]1N(Cc1ncc(-c2ccc(-c3ccc4c(ccc5[nH]c([C@@]67C[C@@H]6[C@@H]6CNCC[C@@H]6N7)nc54)c3)cc2F)[nH]1)C(=O)Cc1ccccc1. The minimum atomic E-state index is -0.334. The second kappa shape index (κ2) is 11.7. The fraction of sp³-hybridized carbons (Fsp3) is 0.310. The summed E-state index contributed by atoms with van der Waals surface area (Å²) in [5.41, 5.74) is 5.76.